The summed E-state index contributed by atoms with van der Waals surface area (Å²) in [5.74, 6) is -0.789. The smallest absolute Gasteiger partial charge is 0.309 e. The van der Waals surface area contributed by atoms with Crippen LogP contribution in [-0.4, -0.2) is 35.0 Å². The van der Waals surface area contributed by atoms with Gasteiger partial charge in [0.2, 0.25) is 0 Å². The van der Waals surface area contributed by atoms with Crippen LogP contribution in [0, 0.1) is 11.8 Å². The Morgan fingerprint density at radius 1 is 1.47 bits per heavy atom. The number of fused-ring (bicyclic) bond motifs is 1. The first-order valence-electron chi connectivity index (χ1n) is 6.87. The molecule has 0 aromatic heterocycles. The van der Waals surface area contributed by atoms with Gasteiger partial charge >= 0.3 is 5.97 Å². The van der Waals surface area contributed by atoms with Crippen LogP contribution in [0.4, 0.5) is 0 Å². The molecule has 19 heavy (non-hydrogen) atoms. The SMILES string of the molecule is C/C1=C\CC/C(CO)=C/[C@H]2OC(=O)[C@H](C)[C@@H]2[C@@H](O)C1. The second-order valence-electron chi connectivity index (χ2n) is 5.61. The van der Waals surface area contributed by atoms with Crippen LogP contribution in [-0.2, 0) is 9.53 Å². The second-order valence-corrected chi connectivity index (χ2v) is 5.61. The van der Waals surface area contributed by atoms with Gasteiger partial charge in [0, 0.05) is 5.92 Å². The first-order valence-corrected chi connectivity index (χ1v) is 6.87. The first kappa shape index (κ1) is 14.3. The quantitative estimate of drug-likeness (QED) is 0.558. The van der Waals surface area contributed by atoms with Crippen LogP contribution in [0.3, 0.4) is 0 Å². The number of carbonyl (C=O) groups is 1. The molecule has 0 amide bonds. The van der Waals surface area contributed by atoms with Crippen molar-refractivity contribution in [2.45, 2.75) is 45.3 Å². The highest BCUT2D eigenvalue weighted by Gasteiger charge is 2.44. The Labute approximate surface area is 113 Å². The van der Waals surface area contributed by atoms with Gasteiger partial charge in [-0.3, -0.25) is 4.79 Å². The van der Waals surface area contributed by atoms with Crippen LogP contribution >= 0.6 is 0 Å². The maximum Gasteiger partial charge on any atom is 0.309 e. The zero-order valence-electron chi connectivity index (χ0n) is 11.5. The lowest BCUT2D eigenvalue weighted by Crippen LogP contribution is -2.32. The maximum absolute atomic E-state index is 11.7. The predicted molar refractivity (Wildman–Crippen MR) is 71.3 cm³/mol. The summed E-state index contributed by atoms with van der Waals surface area (Å²) in [7, 11) is 0. The minimum Gasteiger partial charge on any atom is -0.457 e. The lowest BCUT2D eigenvalue weighted by molar-refractivity contribution is -0.142. The van der Waals surface area contributed by atoms with Crippen LogP contribution in [0.1, 0.15) is 33.1 Å². The van der Waals surface area contributed by atoms with Gasteiger partial charge in [0.15, 0.2) is 0 Å². The molecule has 1 fully saturated rings. The fourth-order valence-electron chi connectivity index (χ4n) is 2.96. The Kier molecular flexibility index (Phi) is 4.42. The third-order valence-electron chi connectivity index (χ3n) is 4.12. The number of allylic oxidation sites excluding steroid dienone is 1. The Morgan fingerprint density at radius 3 is 2.89 bits per heavy atom. The number of carbonyl (C=O) groups excluding carboxylic acids is 1. The van der Waals surface area contributed by atoms with E-state index in [9.17, 15) is 15.0 Å². The summed E-state index contributed by atoms with van der Waals surface area (Å²) in [6, 6.07) is 0. The van der Waals surface area contributed by atoms with E-state index >= 15 is 0 Å². The van der Waals surface area contributed by atoms with Crippen LogP contribution in [0.15, 0.2) is 23.3 Å². The Balaban J connectivity index is 2.31. The van der Waals surface area contributed by atoms with Crippen molar-refractivity contribution >= 4 is 5.97 Å². The van der Waals surface area contributed by atoms with Gasteiger partial charge in [-0.1, -0.05) is 18.6 Å². The van der Waals surface area contributed by atoms with Crippen molar-refractivity contribution in [1.29, 1.82) is 0 Å². The highest BCUT2D eigenvalue weighted by Crippen LogP contribution is 2.35. The summed E-state index contributed by atoms with van der Waals surface area (Å²) in [6.07, 6.45) is 5.09. The van der Waals surface area contributed by atoms with Crippen molar-refractivity contribution in [3.63, 3.8) is 0 Å². The van der Waals surface area contributed by atoms with Gasteiger partial charge in [-0.2, -0.15) is 0 Å². The molecule has 4 atom stereocenters. The average Bonchev–Trinajstić information content (AvgIpc) is 2.63. The minimum absolute atomic E-state index is 0.0296. The molecular formula is C15H22O4. The number of rotatable bonds is 1. The molecule has 2 rings (SSSR count). The van der Waals surface area contributed by atoms with E-state index in [1.54, 1.807) is 6.92 Å². The molecule has 0 spiro atoms. The third kappa shape index (κ3) is 3.07. The van der Waals surface area contributed by atoms with Crippen molar-refractivity contribution in [2.75, 3.05) is 6.61 Å². The van der Waals surface area contributed by atoms with Gasteiger partial charge in [0.05, 0.1) is 18.6 Å². The predicted octanol–water partition coefficient (Wildman–Crippen LogP) is 1.57. The highest BCUT2D eigenvalue weighted by atomic mass is 16.6. The standard InChI is InChI=1S/C15H22O4/c1-9-4-3-5-11(8-16)7-13-14(12(17)6-9)10(2)15(18)19-13/h4,7,10,12-14,16-17H,3,5-6,8H2,1-2H3/b9-4+,11-7-/t10-,12+,13-,14-/m1/s1. The van der Waals surface area contributed by atoms with Crippen LogP contribution in [0.2, 0.25) is 0 Å². The number of esters is 1. The number of hydrogen-bond acceptors (Lipinski definition) is 4. The van der Waals surface area contributed by atoms with Gasteiger partial charge < -0.3 is 14.9 Å². The molecule has 1 aliphatic heterocycles. The second kappa shape index (κ2) is 5.88. The molecule has 1 aliphatic carbocycles. The molecule has 2 aliphatic rings. The van der Waals surface area contributed by atoms with E-state index in [0.717, 1.165) is 24.0 Å². The zero-order chi connectivity index (χ0) is 14.0. The van der Waals surface area contributed by atoms with Crippen molar-refractivity contribution in [3.8, 4) is 0 Å². The van der Waals surface area contributed by atoms with Crippen molar-refractivity contribution in [3.05, 3.63) is 23.3 Å². The third-order valence-corrected chi connectivity index (χ3v) is 4.12. The lowest BCUT2D eigenvalue weighted by atomic mass is 9.82. The summed E-state index contributed by atoms with van der Waals surface area (Å²) >= 11 is 0. The molecule has 0 aromatic rings. The zero-order valence-corrected chi connectivity index (χ0v) is 11.5. The van der Waals surface area contributed by atoms with Gasteiger partial charge in [-0.15, -0.1) is 0 Å². The molecule has 0 saturated carbocycles. The molecule has 0 radical (unpaired) electrons. The normalized spacial score (nSPS) is 41.6. The highest BCUT2D eigenvalue weighted by molar-refractivity contribution is 5.75. The van der Waals surface area contributed by atoms with Gasteiger partial charge in [-0.25, -0.2) is 0 Å². The topological polar surface area (TPSA) is 66.8 Å². The molecule has 4 heteroatoms. The van der Waals surface area contributed by atoms with Gasteiger partial charge in [0.1, 0.15) is 6.10 Å². The number of ether oxygens (including phenoxy) is 1. The maximum atomic E-state index is 11.7. The molecule has 0 unspecified atom stereocenters. The van der Waals surface area contributed by atoms with Crippen molar-refractivity contribution < 1.29 is 19.7 Å². The van der Waals surface area contributed by atoms with E-state index in [-0.39, 0.29) is 24.4 Å². The summed E-state index contributed by atoms with van der Waals surface area (Å²) in [5, 5.41) is 19.7. The van der Waals surface area contributed by atoms with Crippen LogP contribution in [0.5, 0.6) is 0 Å². The minimum atomic E-state index is -0.586. The molecule has 4 nitrogen and oxygen atoms in total. The first-order chi connectivity index (χ1) is 9.02. The van der Waals surface area contributed by atoms with E-state index in [1.807, 2.05) is 13.0 Å². The summed E-state index contributed by atoms with van der Waals surface area (Å²) in [6.45, 7) is 3.76. The fourth-order valence-corrected chi connectivity index (χ4v) is 2.96. The fraction of sp³-hybridized carbons (Fsp3) is 0.667. The van der Waals surface area contributed by atoms with E-state index in [2.05, 4.69) is 6.08 Å². The summed E-state index contributed by atoms with van der Waals surface area (Å²) < 4.78 is 5.34. The van der Waals surface area contributed by atoms with E-state index < -0.39 is 12.2 Å². The van der Waals surface area contributed by atoms with Crippen molar-refractivity contribution in [2.24, 2.45) is 11.8 Å². The lowest BCUT2D eigenvalue weighted by Gasteiger charge is -2.25. The number of hydrogen-bond donors (Lipinski definition) is 2. The Morgan fingerprint density at radius 2 is 2.21 bits per heavy atom. The Hall–Kier alpha value is -1.13. The Bertz CT molecular complexity index is 410. The summed E-state index contributed by atoms with van der Waals surface area (Å²) in [4.78, 5) is 11.7. The monoisotopic (exact) mass is 266 g/mol. The number of aliphatic hydroxyl groups is 2. The molecular weight excluding hydrogens is 244 g/mol. The molecule has 2 N–H and O–H groups in total. The van der Waals surface area contributed by atoms with Crippen LogP contribution < -0.4 is 0 Å². The largest absolute Gasteiger partial charge is 0.457 e. The van der Waals surface area contributed by atoms with E-state index in [4.69, 9.17) is 4.74 Å². The molecule has 0 aromatic carbocycles. The van der Waals surface area contributed by atoms with E-state index in [0.29, 0.717) is 6.42 Å². The van der Waals surface area contributed by atoms with Crippen molar-refractivity contribution in [1.82, 2.24) is 0 Å². The molecule has 106 valence electrons. The van der Waals surface area contributed by atoms with E-state index in [1.165, 1.54) is 0 Å². The summed E-state index contributed by atoms with van der Waals surface area (Å²) in [5.41, 5.74) is 1.99. The van der Waals surface area contributed by atoms with Gasteiger partial charge in [0.25, 0.3) is 0 Å². The molecule has 0 bridgehead atoms. The average molecular weight is 266 g/mol. The molecule has 1 saturated heterocycles. The molecule has 1 heterocycles. The number of aliphatic hydroxyl groups excluding tert-OH is 2. The van der Waals surface area contributed by atoms with Gasteiger partial charge in [-0.05, 0) is 37.8 Å². The van der Waals surface area contributed by atoms with Crippen LogP contribution in [0.25, 0.3) is 0 Å².